The molecule has 1 aromatic rings. The van der Waals surface area contributed by atoms with Crippen molar-refractivity contribution in [3.8, 4) is 0 Å². The van der Waals surface area contributed by atoms with Crippen molar-refractivity contribution < 1.29 is 0 Å². The highest BCUT2D eigenvalue weighted by Gasteiger charge is 2.22. The van der Waals surface area contributed by atoms with Crippen LogP contribution in [0.1, 0.15) is 37.8 Å². The lowest BCUT2D eigenvalue weighted by atomic mass is 9.93. The summed E-state index contributed by atoms with van der Waals surface area (Å²) in [6.07, 6.45) is 2.66. The number of likely N-dealkylation sites (tertiary alicyclic amines) is 1. The van der Waals surface area contributed by atoms with Gasteiger partial charge in [-0.1, -0.05) is 19.1 Å². The lowest BCUT2D eigenvalue weighted by Crippen LogP contribution is -2.39. The molecular weight excluding hydrogens is 208 g/mol. The summed E-state index contributed by atoms with van der Waals surface area (Å²) >= 11 is 0. The second kappa shape index (κ2) is 5.09. The molecular formula is C15H24N2. The van der Waals surface area contributed by atoms with Crippen molar-refractivity contribution >= 4 is 5.69 Å². The Kier molecular flexibility index (Phi) is 3.72. The molecule has 2 rings (SSSR count). The smallest absolute Gasteiger partial charge is 0.0343 e. The number of nitrogens with zero attached hydrogens (tertiary/aromatic N) is 1. The molecule has 2 nitrogen and oxygen atoms in total. The van der Waals surface area contributed by atoms with Crippen LogP contribution in [-0.4, -0.2) is 17.5 Å². The van der Waals surface area contributed by atoms with Crippen LogP contribution in [0.25, 0.3) is 0 Å². The van der Waals surface area contributed by atoms with E-state index in [2.05, 4.69) is 37.8 Å². The Bertz CT molecular complexity index is 387. The van der Waals surface area contributed by atoms with Gasteiger partial charge in [0.05, 0.1) is 0 Å². The molecule has 1 aliphatic rings. The molecule has 1 saturated heterocycles. The maximum atomic E-state index is 5.85. The summed E-state index contributed by atoms with van der Waals surface area (Å²) in [7, 11) is 0. The highest BCUT2D eigenvalue weighted by molar-refractivity contribution is 5.47. The fraction of sp³-hybridized carbons (Fsp3) is 0.600. The van der Waals surface area contributed by atoms with E-state index < -0.39 is 0 Å². The Labute approximate surface area is 105 Å². The van der Waals surface area contributed by atoms with E-state index in [1.807, 2.05) is 6.07 Å². The zero-order chi connectivity index (χ0) is 12.4. The number of nitrogen functional groups attached to an aromatic ring is 1. The largest absolute Gasteiger partial charge is 0.399 e. The summed E-state index contributed by atoms with van der Waals surface area (Å²) in [4.78, 5) is 2.59. The summed E-state index contributed by atoms with van der Waals surface area (Å²) in [6, 6.07) is 7.12. The minimum atomic E-state index is 0.705. The van der Waals surface area contributed by atoms with Crippen molar-refractivity contribution in [3.63, 3.8) is 0 Å². The van der Waals surface area contributed by atoms with E-state index in [0.29, 0.717) is 6.04 Å². The maximum absolute atomic E-state index is 5.85. The zero-order valence-electron chi connectivity index (χ0n) is 11.2. The van der Waals surface area contributed by atoms with Crippen LogP contribution in [0.2, 0.25) is 0 Å². The molecule has 0 bridgehead atoms. The average Bonchev–Trinajstić information content (AvgIpc) is 2.27. The van der Waals surface area contributed by atoms with Gasteiger partial charge in [0.25, 0.3) is 0 Å². The number of piperidine rings is 1. The molecule has 1 aliphatic heterocycles. The monoisotopic (exact) mass is 232 g/mol. The van der Waals surface area contributed by atoms with E-state index in [4.69, 9.17) is 5.73 Å². The molecule has 2 N–H and O–H groups in total. The van der Waals surface area contributed by atoms with Gasteiger partial charge >= 0.3 is 0 Å². The predicted molar refractivity (Wildman–Crippen MR) is 73.9 cm³/mol. The molecule has 0 saturated carbocycles. The van der Waals surface area contributed by atoms with Gasteiger partial charge in [-0.2, -0.15) is 0 Å². The fourth-order valence-corrected chi connectivity index (χ4v) is 2.76. The third-order valence-corrected chi connectivity index (χ3v) is 4.00. The van der Waals surface area contributed by atoms with Gasteiger partial charge in [0.15, 0.2) is 0 Å². The van der Waals surface area contributed by atoms with Crippen LogP contribution in [0.3, 0.4) is 0 Å². The molecule has 2 unspecified atom stereocenters. The van der Waals surface area contributed by atoms with E-state index in [1.165, 1.54) is 30.5 Å². The zero-order valence-corrected chi connectivity index (χ0v) is 11.2. The van der Waals surface area contributed by atoms with Gasteiger partial charge in [0.2, 0.25) is 0 Å². The van der Waals surface area contributed by atoms with Gasteiger partial charge < -0.3 is 5.73 Å². The molecule has 0 spiro atoms. The van der Waals surface area contributed by atoms with Crippen molar-refractivity contribution in [2.45, 2.75) is 46.2 Å². The van der Waals surface area contributed by atoms with E-state index in [9.17, 15) is 0 Å². The van der Waals surface area contributed by atoms with E-state index in [-0.39, 0.29) is 0 Å². The van der Waals surface area contributed by atoms with Gasteiger partial charge in [-0.05, 0) is 56.3 Å². The standard InChI is InChI=1S/C15H24N2/c1-11-6-7-17(13(3)8-11)10-14-4-5-15(16)12(2)9-14/h4-5,9,11,13H,6-8,10,16H2,1-3H3. The first kappa shape index (κ1) is 12.4. The minimum Gasteiger partial charge on any atom is -0.399 e. The third kappa shape index (κ3) is 3.01. The van der Waals surface area contributed by atoms with Crippen LogP contribution in [0.4, 0.5) is 5.69 Å². The molecule has 1 heterocycles. The topological polar surface area (TPSA) is 29.3 Å². The summed E-state index contributed by atoms with van der Waals surface area (Å²) in [5, 5.41) is 0. The van der Waals surface area contributed by atoms with Gasteiger partial charge in [0, 0.05) is 18.3 Å². The molecule has 1 fully saturated rings. The molecule has 17 heavy (non-hydrogen) atoms. The number of anilines is 1. The third-order valence-electron chi connectivity index (χ3n) is 4.00. The van der Waals surface area contributed by atoms with Gasteiger partial charge in [-0.15, -0.1) is 0 Å². The highest BCUT2D eigenvalue weighted by atomic mass is 15.2. The quantitative estimate of drug-likeness (QED) is 0.793. The Balaban J connectivity index is 2.02. The van der Waals surface area contributed by atoms with E-state index in [0.717, 1.165) is 18.2 Å². The number of rotatable bonds is 2. The molecule has 1 aromatic carbocycles. The van der Waals surface area contributed by atoms with E-state index >= 15 is 0 Å². The number of nitrogens with two attached hydrogens (primary N) is 1. The van der Waals surface area contributed by atoms with Crippen molar-refractivity contribution in [3.05, 3.63) is 29.3 Å². The first-order valence-electron chi connectivity index (χ1n) is 6.65. The van der Waals surface area contributed by atoms with Gasteiger partial charge in [-0.3, -0.25) is 4.90 Å². The first-order chi connectivity index (χ1) is 8.06. The van der Waals surface area contributed by atoms with Crippen molar-refractivity contribution in [2.75, 3.05) is 12.3 Å². The van der Waals surface area contributed by atoms with Crippen LogP contribution >= 0.6 is 0 Å². The number of aryl methyl sites for hydroxylation is 1. The number of hydrogen-bond donors (Lipinski definition) is 1. The second-order valence-electron chi connectivity index (χ2n) is 5.64. The molecule has 2 heteroatoms. The maximum Gasteiger partial charge on any atom is 0.0343 e. The predicted octanol–water partition coefficient (Wildman–Crippen LogP) is 3.20. The normalized spacial score (nSPS) is 26.1. The molecule has 0 aliphatic carbocycles. The van der Waals surface area contributed by atoms with Crippen LogP contribution in [0, 0.1) is 12.8 Å². The molecule has 0 amide bonds. The van der Waals surface area contributed by atoms with Crippen molar-refractivity contribution in [1.82, 2.24) is 4.90 Å². The highest BCUT2D eigenvalue weighted by Crippen LogP contribution is 2.24. The number of hydrogen-bond acceptors (Lipinski definition) is 2. The van der Waals surface area contributed by atoms with Crippen LogP contribution in [-0.2, 0) is 6.54 Å². The lowest BCUT2D eigenvalue weighted by molar-refractivity contribution is 0.122. The van der Waals surface area contributed by atoms with Crippen molar-refractivity contribution in [2.24, 2.45) is 5.92 Å². The van der Waals surface area contributed by atoms with Crippen LogP contribution in [0.15, 0.2) is 18.2 Å². The van der Waals surface area contributed by atoms with Gasteiger partial charge in [0.1, 0.15) is 0 Å². The summed E-state index contributed by atoms with van der Waals surface area (Å²) in [5.41, 5.74) is 9.33. The van der Waals surface area contributed by atoms with E-state index in [1.54, 1.807) is 0 Å². The lowest BCUT2D eigenvalue weighted by Gasteiger charge is -2.36. The molecule has 2 atom stereocenters. The number of benzene rings is 1. The molecule has 94 valence electrons. The molecule has 0 radical (unpaired) electrons. The van der Waals surface area contributed by atoms with Crippen LogP contribution < -0.4 is 5.73 Å². The first-order valence-corrected chi connectivity index (χ1v) is 6.65. The SMILES string of the molecule is Cc1cc(CN2CCC(C)CC2C)ccc1N. The summed E-state index contributed by atoms with van der Waals surface area (Å²) in [5.74, 6) is 0.884. The van der Waals surface area contributed by atoms with Crippen LogP contribution in [0.5, 0.6) is 0 Å². The fourth-order valence-electron chi connectivity index (χ4n) is 2.76. The second-order valence-corrected chi connectivity index (χ2v) is 5.64. The Morgan fingerprint density at radius 1 is 1.35 bits per heavy atom. The Morgan fingerprint density at radius 2 is 2.12 bits per heavy atom. The molecule has 0 aromatic heterocycles. The minimum absolute atomic E-state index is 0.705. The average molecular weight is 232 g/mol. The Hall–Kier alpha value is -1.02. The summed E-state index contributed by atoms with van der Waals surface area (Å²) in [6.45, 7) is 9.09. The van der Waals surface area contributed by atoms with Gasteiger partial charge in [-0.25, -0.2) is 0 Å². The van der Waals surface area contributed by atoms with Crippen molar-refractivity contribution in [1.29, 1.82) is 0 Å². The Morgan fingerprint density at radius 3 is 2.76 bits per heavy atom. The summed E-state index contributed by atoms with van der Waals surface area (Å²) < 4.78 is 0.